The lowest BCUT2D eigenvalue weighted by molar-refractivity contribution is 0.316. The molecule has 154 valence electrons. The number of benzene rings is 1. The minimum atomic E-state index is -3.24. The van der Waals surface area contributed by atoms with Crippen LogP contribution >= 0.6 is 24.0 Å². The van der Waals surface area contributed by atoms with Crippen LogP contribution in [0.5, 0.6) is 0 Å². The van der Waals surface area contributed by atoms with E-state index >= 15 is 0 Å². The monoisotopic (exact) mass is 508 g/mol. The van der Waals surface area contributed by atoms with Crippen LogP contribution in [0.15, 0.2) is 23.2 Å². The topological polar surface area (TPSA) is 82.6 Å². The highest BCUT2D eigenvalue weighted by molar-refractivity contribution is 14.0. The molecule has 0 atom stereocenters. The molecule has 0 radical (unpaired) electrons. The third-order valence-corrected chi connectivity index (χ3v) is 6.08. The van der Waals surface area contributed by atoms with Gasteiger partial charge < -0.3 is 10.6 Å². The SMILES string of the molecule is CCNC(=NCc1ccc(C)cc1C)NCCS(=O)(=O)NCC1CCC1.I. The third kappa shape index (κ3) is 8.78. The summed E-state index contributed by atoms with van der Waals surface area (Å²) in [7, 11) is -3.24. The van der Waals surface area contributed by atoms with Gasteiger partial charge in [0.25, 0.3) is 0 Å². The van der Waals surface area contributed by atoms with E-state index in [0.717, 1.165) is 19.4 Å². The Morgan fingerprint density at radius 1 is 1.22 bits per heavy atom. The number of sulfonamides is 1. The number of nitrogens with zero attached hydrogens (tertiary/aromatic N) is 1. The van der Waals surface area contributed by atoms with Crippen LogP contribution in [-0.2, 0) is 16.6 Å². The molecule has 1 saturated carbocycles. The zero-order valence-electron chi connectivity index (χ0n) is 16.5. The lowest BCUT2D eigenvalue weighted by atomic mass is 9.86. The molecule has 0 aliphatic heterocycles. The molecule has 0 unspecified atom stereocenters. The van der Waals surface area contributed by atoms with Gasteiger partial charge in [-0.25, -0.2) is 18.1 Å². The van der Waals surface area contributed by atoms with E-state index in [0.29, 0.717) is 31.5 Å². The molecule has 0 heterocycles. The fraction of sp³-hybridized carbons (Fsp3) is 0.632. The summed E-state index contributed by atoms with van der Waals surface area (Å²) in [6.07, 6.45) is 3.49. The maximum atomic E-state index is 12.1. The van der Waals surface area contributed by atoms with Crippen molar-refractivity contribution in [1.29, 1.82) is 0 Å². The zero-order valence-corrected chi connectivity index (χ0v) is 19.7. The number of hydrogen-bond donors (Lipinski definition) is 3. The molecule has 0 saturated heterocycles. The predicted octanol–water partition coefficient (Wildman–Crippen LogP) is 2.70. The second-order valence-electron chi connectivity index (χ2n) is 7.02. The highest BCUT2D eigenvalue weighted by Gasteiger charge is 2.20. The smallest absolute Gasteiger partial charge is 0.213 e. The molecule has 3 N–H and O–H groups in total. The summed E-state index contributed by atoms with van der Waals surface area (Å²) in [5.41, 5.74) is 3.62. The van der Waals surface area contributed by atoms with Crippen molar-refractivity contribution in [2.45, 2.75) is 46.6 Å². The average molecular weight is 508 g/mol. The lowest BCUT2D eigenvalue weighted by Gasteiger charge is -2.25. The normalized spacial score (nSPS) is 15.0. The van der Waals surface area contributed by atoms with E-state index in [9.17, 15) is 8.42 Å². The van der Waals surface area contributed by atoms with Crippen molar-refractivity contribution in [3.8, 4) is 0 Å². The summed E-state index contributed by atoms with van der Waals surface area (Å²) in [6.45, 7) is 8.34. The van der Waals surface area contributed by atoms with Gasteiger partial charge in [0.2, 0.25) is 10.0 Å². The minimum Gasteiger partial charge on any atom is -0.357 e. The van der Waals surface area contributed by atoms with Gasteiger partial charge in [-0.2, -0.15) is 0 Å². The van der Waals surface area contributed by atoms with Crippen LogP contribution in [0.3, 0.4) is 0 Å². The van der Waals surface area contributed by atoms with E-state index in [1.807, 2.05) is 6.92 Å². The number of hydrogen-bond acceptors (Lipinski definition) is 3. The van der Waals surface area contributed by atoms with Crippen LogP contribution in [0.1, 0.15) is 42.9 Å². The summed E-state index contributed by atoms with van der Waals surface area (Å²) in [4.78, 5) is 4.57. The molecule has 27 heavy (non-hydrogen) atoms. The second-order valence-corrected chi connectivity index (χ2v) is 8.94. The molecule has 1 fully saturated rings. The predicted molar refractivity (Wildman–Crippen MR) is 123 cm³/mol. The first-order valence-electron chi connectivity index (χ1n) is 9.45. The molecule has 1 aliphatic carbocycles. The highest BCUT2D eigenvalue weighted by Crippen LogP contribution is 2.25. The molecule has 1 aliphatic rings. The van der Waals surface area contributed by atoms with Crippen LogP contribution in [0.2, 0.25) is 0 Å². The Labute approximate surface area is 181 Å². The van der Waals surface area contributed by atoms with E-state index < -0.39 is 10.0 Å². The first-order chi connectivity index (χ1) is 12.4. The molecule has 0 spiro atoms. The number of aliphatic imine (C=N–C) groups is 1. The Morgan fingerprint density at radius 2 is 1.96 bits per heavy atom. The van der Waals surface area contributed by atoms with Crippen LogP contribution in [0, 0.1) is 19.8 Å². The van der Waals surface area contributed by atoms with Gasteiger partial charge in [0.1, 0.15) is 0 Å². The summed E-state index contributed by atoms with van der Waals surface area (Å²) < 4.78 is 26.8. The fourth-order valence-electron chi connectivity index (χ4n) is 2.85. The largest absolute Gasteiger partial charge is 0.357 e. The number of aryl methyl sites for hydroxylation is 2. The van der Waals surface area contributed by atoms with Gasteiger partial charge in [-0.15, -0.1) is 24.0 Å². The Morgan fingerprint density at radius 3 is 2.56 bits per heavy atom. The van der Waals surface area contributed by atoms with Gasteiger partial charge in [-0.3, -0.25) is 0 Å². The van der Waals surface area contributed by atoms with Crippen LogP contribution in [0.4, 0.5) is 0 Å². The second kappa shape index (κ2) is 11.9. The van der Waals surface area contributed by atoms with E-state index in [-0.39, 0.29) is 29.7 Å². The fourth-order valence-corrected chi connectivity index (χ4v) is 3.85. The number of nitrogens with one attached hydrogen (secondary N) is 3. The maximum Gasteiger partial charge on any atom is 0.213 e. The molecule has 6 nitrogen and oxygen atoms in total. The van der Waals surface area contributed by atoms with E-state index in [1.165, 1.54) is 23.1 Å². The van der Waals surface area contributed by atoms with E-state index in [4.69, 9.17) is 0 Å². The lowest BCUT2D eigenvalue weighted by Crippen LogP contribution is -2.42. The van der Waals surface area contributed by atoms with Crippen LogP contribution in [0.25, 0.3) is 0 Å². The molecule has 0 aromatic heterocycles. The Bertz CT molecular complexity index is 718. The summed E-state index contributed by atoms with van der Waals surface area (Å²) >= 11 is 0. The number of rotatable bonds is 9. The number of guanidine groups is 1. The molecular weight excluding hydrogens is 475 g/mol. The minimum absolute atomic E-state index is 0. The Hall–Kier alpha value is -0.870. The number of halogens is 1. The molecule has 8 heteroatoms. The Kier molecular flexibility index (Phi) is 10.6. The van der Waals surface area contributed by atoms with Crippen molar-refractivity contribution in [2.75, 3.05) is 25.4 Å². The summed E-state index contributed by atoms with van der Waals surface area (Å²) in [6, 6.07) is 6.32. The van der Waals surface area contributed by atoms with Gasteiger partial charge in [-0.1, -0.05) is 30.2 Å². The van der Waals surface area contributed by atoms with Crippen molar-refractivity contribution in [2.24, 2.45) is 10.9 Å². The molecule has 1 aromatic rings. The first-order valence-corrected chi connectivity index (χ1v) is 11.1. The van der Waals surface area contributed by atoms with Crippen molar-refractivity contribution < 1.29 is 8.42 Å². The Balaban J connectivity index is 0.00000364. The summed E-state index contributed by atoms with van der Waals surface area (Å²) in [5.74, 6) is 1.21. The maximum absolute atomic E-state index is 12.1. The van der Waals surface area contributed by atoms with E-state index in [1.54, 1.807) is 0 Å². The van der Waals surface area contributed by atoms with Crippen molar-refractivity contribution in [1.82, 2.24) is 15.4 Å². The van der Waals surface area contributed by atoms with Crippen LogP contribution in [-0.4, -0.2) is 39.8 Å². The average Bonchev–Trinajstić information content (AvgIpc) is 2.52. The quantitative estimate of drug-likeness (QED) is 0.272. The molecule has 0 bridgehead atoms. The van der Waals surface area contributed by atoms with Gasteiger partial charge in [0.05, 0.1) is 12.3 Å². The van der Waals surface area contributed by atoms with Crippen molar-refractivity contribution >= 4 is 40.0 Å². The van der Waals surface area contributed by atoms with Crippen LogP contribution < -0.4 is 15.4 Å². The van der Waals surface area contributed by atoms with Gasteiger partial charge in [-0.05, 0) is 50.7 Å². The molecular formula is C19H33IN4O2S. The highest BCUT2D eigenvalue weighted by atomic mass is 127. The zero-order chi connectivity index (χ0) is 19.0. The van der Waals surface area contributed by atoms with Gasteiger partial charge in [0.15, 0.2) is 5.96 Å². The molecule has 0 amide bonds. The van der Waals surface area contributed by atoms with E-state index in [2.05, 4.69) is 52.4 Å². The molecule has 1 aromatic carbocycles. The first kappa shape index (κ1) is 24.2. The van der Waals surface area contributed by atoms with Crippen molar-refractivity contribution in [3.05, 3.63) is 34.9 Å². The summed E-state index contributed by atoms with van der Waals surface area (Å²) in [5, 5.41) is 6.28. The molecule has 2 rings (SSSR count). The van der Waals surface area contributed by atoms with Crippen molar-refractivity contribution in [3.63, 3.8) is 0 Å². The van der Waals surface area contributed by atoms with Gasteiger partial charge in [0, 0.05) is 19.6 Å². The van der Waals surface area contributed by atoms with Gasteiger partial charge >= 0.3 is 0 Å². The standard InChI is InChI=1S/C19H32N4O2S.HI/c1-4-20-19(22-14-18-9-8-15(2)12-16(18)3)21-10-11-26(24,25)23-13-17-6-5-7-17;/h8-9,12,17,23H,4-7,10-11,13-14H2,1-3H3,(H2,20,21,22);1H. The third-order valence-electron chi connectivity index (χ3n) is 4.73.